The van der Waals surface area contributed by atoms with Crippen molar-refractivity contribution in [2.24, 2.45) is 0 Å². The van der Waals surface area contributed by atoms with Gasteiger partial charge in [0.1, 0.15) is 11.5 Å². The number of amides is 1. The molecule has 168 valence electrons. The van der Waals surface area contributed by atoms with Gasteiger partial charge in [-0.3, -0.25) is 14.6 Å². The molecule has 7 nitrogen and oxygen atoms in total. The van der Waals surface area contributed by atoms with E-state index in [1.54, 1.807) is 30.3 Å². The van der Waals surface area contributed by atoms with Gasteiger partial charge in [0.15, 0.2) is 0 Å². The highest BCUT2D eigenvalue weighted by Gasteiger charge is 2.17. The zero-order valence-electron chi connectivity index (χ0n) is 17.7. The van der Waals surface area contributed by atoms with Gasteiger partial charge in [-0.1, -0.05) is 60.1 Å². The molecule has 0 bridgehead atoms. The van der Waals surface area contributed by atoms with E-state index in [0.29, 0.717) is 22.2 Å². The molecule has 0 aliphatic rings. The molecule has 2 N–H and O–H groups in total. The van der Waals surface area contributed by atoms with E-state index < -0.39 is 0 Å². The Morgan fingerprint density at radius 2 is 1.79 bits per heavy atom. The molecule has 0 aliphatic heterocycles. The molecular formula is C25H18ClN5O2S. The zero-order valence-corrected chi connectivity index (χ0v) is 19.3. The summed E-state index contributed by atoms with van der Waals surface area (Å²) in [7, 11) is 0. The number of nitrogens with one attached hydrogen (secondary N) is 2. The highest BCUT2D eigenvalue weighted by atomic mass is 35.5. The molecule has 5 rings (SSSR count). The number of rotatable bonds is 6. The molecule has 0 unspecified atom stereocenters. The molecule has 0 saturated heterocycles. The van der Waals surface area contributed by atoms with Crippen LogP contribution in [0.4, 0.5) is 5.82 Å². The smallest absolute Gasteiger partial charge is 0.252 e. The Morgan fingerprint density at radius 3 is 2.53 bits per heavy atom. The Hall–Kier alpha value is -4.01. The Labute approximate surface area is 203 Å². The lowest BCUT2D eigenvalue weighted by atomic mass is 10.1. The van der Waals surface area contributed by atoms with Crippen LogP contribution in [0.3, 0.4) is 0 Å². The van der Waals surface area contributed by atoms with Gasteiger partial charge in [-0.15, -0.1) is 11.3 Å². The summed E-state index contributed by atoms with van der Waals surface area (Å²) in [5, 5.41) is 10.1. The van der Waals surface area contributed by atoms with Crippen molar-refractivity contribution in [1.82, 2.24) is 19.7 Å². The molecule has 0 atom stereocenters. The summed E-state index contributed by atoms with van der Waals surface area (Å²) < 4.78 is 1.45. The second-order valence-corrected chi connectivity index (χ2v) is 8.86. The molecule has 0 fully saturated rings. The van der Waals surface area contributed by atoms with Crippen LogP contribution in [-0.2, 0) is 11.2 Å². The molecule has 0 saturated carbocycles. The molecule has 0 radical (unpaired) electrons. The van der Waals surface area contributed by atoms with Gasteiger partial charge in [-0.2, -0.15) is 9.78 Å². The maximum atomic E-state index is 12.8. The average Bonchev–Trinajstić information content (AvgIpc) is 3.51. The van der Waals surface area contributed by atoms with Crippen LogP contribution in [-0.4, -0.2) is 25.7 Å². The summed E-state index contributed by atoms with van der Waals surface area (Å²) in [6.45, 7) is 0. The summed E-state index contributed by atoms with van der Waals surface area (Å²) in [6.07, 6.45) is 0.157. The average molecular weight is 488 g/mol. The maximum Gasteiger partial charge on any atom is 0.252 e. The topological polar surface area (TPSA) is 92.7 Å². The van der Waals surface area contributed by atoms with Crippen LogP contribution in [0.15, 0.2) is 89.0 Å². The third-order valence-electron chi connectivity index (χ3n) is 5.03. The van der Waals surface area contributed by atoms with Gasteiger partial charge in [0.05, 0.1) is 17.0 Å². The minimum absolute atomic E-state index is 0.157. The van der Waals surface area contributed by atoms with Crippen LogP contribution in [0.2, 0.25) is 5.02 Å². The molecule has 0 spiro atoms. The summed E-state index contributed by atoms with van der Waals surface area (Å²) in [5.41, 5.74) is 2.46. The number of hydrogen-bond donors (Lipinski definition) is 2. The third-order valence-corrected chi connectivity index (χ3v) is 6.17. The van der Waals surface area contributed by atoms with Gasteiger partial charge in [0.25, 0.3) is 5.56 Å². The summed E-state index contributed by atoms with van der Waals surface area (Å²) >= 11 is 7.47. The molecule has 9 heteroatoms. The Morgan fingerprint density at radius 1 is 1.00 bits per heavy atom. The van der Waals surface area contributed by atoms with Crippen LogP contribution >= 0.6 is 22.9 Å². The van der Waals surface area contributed by atoms with E-state index in [2.05, 4.69) is 20.4 Å². The lowest BCUT2D eigenvalue weighted by Gasteiger charge is -2.09. The number of aromatic amines is 1. The molecule has 3 aromatic heterocycles. The van der Waals surface area contributed by atoms with Crippen LogP contribution in [0.25, 0.3) is 27.8 Å². The number of aromatic nitrogens is 4. The number of carbonyl (C=O) groups is 1. The molecular weight excluding hydrogens is 470 g/mol. The largest absolute Gasteiger partial charge is 0.310 e. The summed E-state index contributed by atoms with van der Waals surface area (Å²) in [4.78, 5) is 33.6. The first kappa shape index (κ1) is 21.8. The highest BCUT2D eigenvalue weighted by molar-refractivity contribution is 7.13. The van der Waals surface area contributed by atoms with Gasteiger partial charge in [-0.05, 0) is 29.1 Å². The van der Waals surface area contributed by atoms with Crippen molar-refractivity contribution in [1.29, 1.82) is 0 Å². The molecule has 2 aromatic carbocycles. The number of carbonyl (C=O) groups excluding carboxylic acids is 1. The van der Waals surface area contributed by atoms with Gasteiger partial charge >= 0.3 is 0 Å². The lowest BCUT2D eigenvalue weighted by molar-refractivity contribution is -0.115. The second kappa shape index (κ2) is 9.46. The van der Waals surface area contributed by atoms with Crippen molar-refractivity contribution in [3.05, 3.63) is 105 Å². The fourth-order valence-electron chi connectivity index (χ4n) is 3.45. The first-order chi connectivity index (χ1) is 16.5. The van der Waals surface area contributed by atoms with Gasteiger partial charge in [0.2, 0.25) is 11.9 Å². The second-order valence-electron chi connectivity index (χ2n) is 7.48. The quantitative estimate of drug-likeness (QED) is 0.345. The predicted molar refractivity (Wildman–Crippen MR) is 135 cm³/mol. The highest BCUT2D eigenvalue weighted by Crippen LogP contribution is 2.28. The van der Waals surface area contributed by atoms with E-state index >= 15 is 0 Å². The minimum atomic E-state index is -0.324. The molecule has 1 amide bonds. The zero-order chi connectivity index (χ0) is 23.5. The molecule has 0 aliphatic carbocycles. The van der Waals surface area contributed by atoms with Gasteiger partial charge < -0.3 is 5.32 Å². The fourth-order valence-corrected chi connectivity index (χ4v) is 4.26. The standard InChI is InChI=1S/C25H18ClN5O2S/c26-18-10-8-16(9-11-18)13-23(32)28-22-14-20(21-7-4-12-34-21)30-31(22)25-27-19(15-24(33)29-25)17-5-2-1-3-6-17/h1-12,14-15H,13H2,(H,28,32)(H,27,29,33). The molecule has 34 heavy (non-hydrogen) atoms. The number of nitrogens with zero attached hydrogens (tertiary/aromatic N) is 3. The van der Waals surface area contributed by atoms with E-state index in [4.69, 9.17) is 11.6 Å². The Kier molecular flexibility index (Phi) is 6.07. The predicted octanol–water partition coefficient (Wildman–Crippen LogP) is 5.19. The first-order valence-corrected chi connectivity index (χ1v) is 11.7. The minimum Gasteiger partial charge on any atom is -0.310 e. The molecule has 5 aromatic rings. The van der Waals surface area contributed by atoms with Crippen LogP contribution in [0, 0.1) is 0 Å². The molecule has 3 heterocycles. The lowest BCUT2D eigenvalue weighted by Crippen LogP contribution is -2.19. The number of H-pyrrole nitrogens is 1. The number of hydrogen-bond acceptors (Lipinski definition) is 5. The van der Waals surface area contributed by atoms with Crippen LogP contribution < -0.4 is 10.9 Å². The van der Waals surface area contributed by atoms with Gasteiger partial charge in [-0.25, -0.2) is 4.98 Å². The fraction of sp³-hybridized carbons (Fsp3) is 0.0400. The van der Waals surface area contributed by atoms with Crippen molar-refractivity contribution < 1.29 is 4.79 Å². The Bertz CT molecular complexity index is 1490. The normalized spacial score (nSPS) is 10.9. The summed E-state index contributed by atoms with van der Waals surface area (Å²) in [5.74, 6) is 0.370. The van der Waals surface area contributed by atoms with Crippen LogP contribution in [0.1, 0.15) is 5.56 Å². The first-order valence-electron chi connectivity index (χ1n) is 10.4. The maximum absolute atomic E-state index is 12.8. The van der Waals surface area contributed by atoms with E-state index in [9.17, 15) is 9.59 Å². The van der Waals surface area contributed by atoms with Crippen molar-refractivity contribution in [3.63, 3.8) is 0 Å². The SMILES string of the molecule is O=C(Cc1ccc(Cl)cc1)Nc1cc(-c2cccs2)nn1-c1nc(-c2ccccc2)cc(=O)[nH]1. The number of anilines is 1. The van der Waals surface area contributed by atoms with E-state index in [0.717, 1.165) is 16.0 Å². The van der Waals surface area contributed by atoms with Crippen molar-refractivity contribution in [3.8, 4) is 27.8 Å². The number of benzene rings is 2. The van der Waals surface area contributed by atoms with Crippen molar-refractivity contribution in [2.75, 3.05) is 5.32 Å². The monoisotopic (exact) mass is 487 g/mol. The van der Waals surface area contributed by atoms with Crippen molar-refractivity contribution in [2.45, 2.75) is 6.42 Å². The van der Waals surface area contributed by atoms with E-state index in [1.165, 1.54) is 22.1 Å². The third kappa shape index (κ3) is 4.83. The number of halogens is 1. The van der Waals surface area contributed by atoms with Crippen LogP contribution in [0.5, 0.6) is 0 Å². The number of thiophene rings is 1. The van der Waals surface area contributed by atoms with Gasteiger partial charge in [0, 0.05) is 22.7 Å². The Balaban J connectivity index is 1.53. The van der Waals surface area contributed by atoms with E-state index in [1.807, 2.05) is 47.8 Å². The summed E-state index contributed by atoms with van der Waals surface area (Å²) in [6, 6.07) is 23.6. The van der Waals surface area contributed by atoms with E-state index in [-0.39, 0.29) is 23.8 Å². The van der Waals surface area contributed by atoms with Crippen molar-refractivity contribution >= 4 is 34.7 Å².